The number of hydrogen-bond acceptors (Lipinski definition) is 14. The van der Waals surface area contributed by atoms with Crippen molar-refractivity contribution in [2.45, 2.75) is 135 Å². The van der Waals surface area contributed by atoms with Crippen LogP contribution in [0.5, 0.6) is 5.75 Å². The average Bonchev–Trinajstić information content (AvgIpc) is 2.86. The Morgan fingerprint density at radius 3 is 1.86 bits per heavy atom. The number of aliphatic hydroxyl groups is 1. The van der Waals surface area contributed by atoms with E-state index in [-0.39, 0.29) is 56.2 Å². The molecule has 86 heavy (non-hydrogen) atoms. The molecule has 0 radical (unpaired) electrons. The van der Waals surface area contributed by atoms with Gasteiger partial charge in [0, 0.05) is 76.3 Å². The zero-order valence-corrected chi connectivity index (χ0v) is 49.6. The normalized spacial score (nSPS) is 14.5. The smallest absolute Gasteiger partial charge is 0.315 e. The number of likely N-dealkylation sites (N-methyl/N-ethyl adjacent to an activating group) is 1. The van der Waals surface area contributed by atoms with Crippen LogP contribution in [-0.4, -0.2) is 160 Å². The largest absolute Gasteiger partial charge is 0.508 e. The number of phenols is 1. The van der Waals surface area contributed by atoms with Crippen LogP contribution < -0.4 is 54.4 Å². The summed E-state index contributed by atoms with van der Waals surface area (Å²) >= 11 is 0. The number of para-hydroxylation sites is 1. The molecule has 4 rings (SSSR count). The maximum Gasteiger partial charge on any atom is 0.315 e. The molecule has 9 atom stereocenters. The molecule has 26 nitrogen and oxygen atoms in total. The zero-order valence-electron chi connectivity index (χ0n) is 49.6. The number of nitrogens with one attached hydrogen (secondary N) is 8. The molecule has 0 saturated heterocycles. The van der Waals surface area contributed by atoms with Crippen LogP contribution >= 0.6 is 0 Å². The average molecular weight is 1190 g/mol. The molecule has 0 aliphatic carbocycles. The number of ketones is 3. The number of fused-ring (bicyclic) bond motifs is 1. The van der Waals surface area contributed by atoms with E-state index in [2.05, 4.69) is 47.2 Å². The lowest BCUT2D eigenvalue weighted by molar-refractivity contribution is -0.142. The monoisotopic (exact) mass is 1190 g/mol. The third kappa shape index (κ3) is 22.4. The van der Waals surface area contributed by atoms with Crippen LogP contribution in [0.3, 0.4) is 0 Å². The lowest BCUT2D eigenvalue weighted by Crippen LogP contribution is -2.56. The molecule has 0 unspecified atom stereocenters. The number of Topliss-reactive ketones (excluding diaryl/α,β-unsaturated/α-hetero) is 3. The Hall–Kier alpha value is -9.20. The number of aromatic hydroxyl groups is 1. The van der Waals surface area contributed by atoms with Gasteiger partial charge in [0.25, 0.3) is 0 Å². The minimum absolute atomic E-state index is 0.0104. The fraction of sp³-hybridized carbons (Fsp3) is 0.467. The van der Waals surface area contributed by atoms with Crippen molar-refractivity contribution in [2.75, 3.05) is 27.2 Å². The van der Waals surface area contributed by atoms with Crippen molar-refractivity contribution >= 4 is 81.6 Å². The number of guanidine groups is 1. The van der Waals surface area contributed by atoms with Crippen LogP contribution in [0.4, 0.5) is 4.79 Å². The minimum atomic E-state index is -1.65. The molecule has 4 aromatic rings. The van der Waals surface area contributed by atoms with Crippen LogP contribution in [0.25, 0.3) is 10.9 Å². The highest BCUT2D eigenvalue weighted by molar-refractivity contribution is 5.99. The molecular formula is C60H83N13O13. The van der Waals surface area contributed by atoms with Gasteiger partial charge in [-0.1, -0.05) is 74.5 Å². The van der Waals surface area contributed by atoms with E-state index in [1.54, 1.807) is 48.7 Å². The molecule has 16 N–H and O–H groups in total. The first-order valence-corrected chi connectivity index (χ1v) is 28.3. The standard InChI is InChI=1S/C60H83N13O13/c1-33(2)24-45(50(77)28-39(16-13-23-65-59(63)64-6)56(83)71-48(54(62)81)27-40-31-66-44-18-12-11-17-42(40)44)72-60(86)67-32-52(79)46(25-37-14-9-8-10-15-37)70-57(84)43(35(4)74)29-51(78)47(30-53(61)80)69-55(82)34(3)73(7)58(85)49(68-36(5)75)26-38-19-21-41(76)22-20-38/h8-12,14-15,17-22,31,33-35,39,43,45-49,66,74,76H,13,16,23-30,32H2,1-7H3,(H2,61,80)(H2,62,81)(H,68,75)(H,69,82)(H,70,84)(H,71,83)(H3,63,64,65)(H2,67,72,86)/t34-,35+,39+,43-,45-,46-,47-,48-,49+/m0/s1. The topological polar surface area (TPSA) is 422 Å². The zero-order chi connectivity index (χ0) is 63.8. The summed E-state index contributed by atoms with van der Waals surface area (Å²) in [6, 6.07) is 13.1. The van der Waals surface area contributed by atoms with Gasteiger partial charge >= 0.3 is 6.03 Å². The van der Waals surface area contributed by atoms with E-state index in [1.165, 1.54) is 47.0 Å². The van der Waals surface area contributed by atoms with Crippen molar-refractivity contribution in [1.29, 1.82) is 0 Å². The van der Waals surface area contributed by atoms with Crippen LogP contribution in [0.1, 0.15) is 89.8 Å². The Morgan fingerprint density at radius 1 is 0.640 bits per heavy atom. The maximum absolute atomic E-state index is 14.2. The van der Waals surface area contributed by atoms with Crippen LogP contribution in [0.15, 0.2) is 90.1 Å². The van der Waals surface area contributed by atoms with Gasteiger partial charge in [-0.15, -0.1) is 0 Å². The summed E-state index contributed by atoms with van der Waals surface area (Å²) in [5, 5.41) is 39.8. The van der Waals surface area contributed by atoms with Gasteiger partial charge in [0.2, 0.25) is 41.4 Å². The number of aromatic amines is 1. The lowest BCUT2D eigenvalue weighted by Gasteiger charge is -2.30. The van der Waals surface area contributed by atoms with Gasteiger partial charge in [0.15, 0.2) is 23.3 Å². The van der Waals surface area contributed by atoms with Crippen molar-refractivity contribution in [3.05, 3.63) is 102 Å². The molecule has 1 heterocycles. The number of aromatic nitrogens is 1. The quantitative estimate of drug-likeness (QED) is 0.0166. The van der Waals surface area contributed by atoms with Crippen molar-refractivity contribution in [1.82, 2.24) is 47.1 Å². The molecule has 0 aliphatic heterocycles. The van der Waals surface area contributed by atoms with Gasteiger partial charge in [0.05, 0.1) is 43.1 Å². The first-order valence-electron chi connectivity index (χ1n) is 28.3. The molecule has 0 spiro atoms. The van der Waals surface area contributed by atoms with Crippen LogP contribution in [0, 0.1) is 17.8 Å². The number of aliphatic imine (C=N–C) groups is 1. The van der Waals surface area contributed by atoms with E-state index in [0.717, 1.165) is 21.4 Å². The summed E-state index contributed by atoms with van der Waals surface area (Å²) in [4.78, 5) is 157. The molecule has 3 aromatic carbocycles. The summed E-state index contributed by atoms with van der Waals surface area (Å²) in [6.07, 6.45) is -1.17. The summed E-state index contributed by atoms with van der Waals surface area (Å²) in [7, 11) is 2.79. The number of rotatable bonds is 35. The van der Waals surface area contributed by atoms with E-state index in [1.807, 2.05) is 38.1 Å². The lowest BCUT2D eigenvalue weighted by atomic mass is 9.90. The van der Waals surface area contributed by atoms with Crippen LogP contribution in [-0.2, 0) is 67.2 Å². The van der Waals surface area contributed by atoms with Gasteiger partial charge in [-0.2, -0.15) is 0 Å². The number of carbonyl (C=O) groups is 11. The van der Waals surface area contributed by atoms with Crippen molar-refractivity contribution < 1.29 is 63.0 Å². The van der Waals surface area contributed by atoms with Gasteiger partial charge in [-0.3, -0.25) is 52.9 Å². The first kappa shape index (κ1) is 69.3. The highest BCUT2D eigenvalue weighted by Crippen LogP contribution is 2.22. The number of primary amides is 2. The SMILES string of the molecule is CN=C(N)NCCC[C@H](CC(=O)[C@H](CC(C)C)NC(=O)NCC(=O)[C@H](Cc1ccccc1)NC(=O)[C@@H](CC(=O)[C@H](CC(N)=O)NC(=O)[C@H](C)N(C)C(=O)[C@@H](Cc1ccc(O)cc1)NC(C)=O)[C@@H](C)O)C(=O)N[C@@H](Cc1c[nH]c2ccccc12)C(N)=O. The number of amides is 9. The predicted molar refractivity (Wildman–Crippen MR) is 320 cm³/mol. The molecular weight excluding hydrogens is 1110 g/mol. The van der Waals surface area contributed by atoms with Gasteiger partial charge in [-0.05, 0) is 80.3 Å². The molecule has 9 amide bonds. The number of aliphatic hydroxyl groups excluding tert-OH is 1. The molecule has 0 bridgehead atoms. The van der Waals surface area contributed by atoms with Crippen LogP contribution in [0.2, 0.25) is 0 Å². The van der Waals surface area contributed by atoms with E-state index >= 15 is 0 Å². The Morgan fingerprint density at radius 2 is 1.24 bits per heavy atom. The molecule has 26 heteroatoms. The Kier molecular flexibility index (Phi) is 27.3. The van der Waals surface area contributed by atoms with Gasteiger partial charge in [-0.25, -0.2) is 4.79 Å². The molecule has 0 fully saturated rings. The van der Waals surface area contributed by atoms with Gasteiger partial charge < -0.3 is 74.5 Å². The summed E-state index contributed by atoms with van der Waals surface area (Å²) in [6.45, 7) is 7.00. The summed E-state index contributed by atoms with van der Waals surface area (Å²) in [5.41, 5.74) is 19.8. The Balaban J connectivity index is 1.47. The van der Waals surface area contributed by atoms with E-state index in [4.69, 9.17) is 17.2 Å². The third-order valence-electron chi connectivity index (χ3n) is 14.5. The fourth-order valence-electron chi connectivity index (χ4n) is 9.51. The number of urea groups is 1. The second-order valence-electron chi connectivity index (χ2n) is 21.8. The second-order valence-corrected chi connectivity index (χ2v) is 21.8. The number of nitrogens with zero attached hydrogens (tertiary/aromatic N) is 2. The third-order valence-corrected chi connectivity index (χ3v) is 14.5. The van der Waals surface area contributed by atoms with Crippen molar-refractivity contribution in [3.63, 3.8) is 0 Å². The summed E-state index contributed by atoms with van der Waals surface area (Å²) < 4.78 is 0. The number of benzene rings is 3. The van der Waals surface area contributed by atoms with E-state index < -0.39 is 138 Å². The Labute approximate surface area is 499 Å². The number of phenolic OH excluding ortho intramolecular Hbond substituents is 1. The number of hydrogen-bond donors (Lipinski definition) is 13. The highest BCUT2D eigenvalue weighted by atomic mass is 16.3. The van der Waals surface area contributed by atoms with E-state index in [0.29, 0.717) is 24.1 Å². The molecule has 0 saturated carbocycles. The predicted octanol–water partition coefficient (Wildman–Crippen LogP) is 0.197. The fourth-order valence-corrected chi connectivity index (χ4v) is 9.51. The second kappa shape index (κ2) is 33.9. The minimum Gasteiger partial charge on any atom is -0.508 e. The van der Waals surface area contributed by atoms with E-state index in [9.17, 15) is 63.0 Å². The Bertz CT molecular complexity index is 3040. The maximum atomic E-state index is 14.2. The molecule has 1 aromatic heterocycles. The molecule has 0 aliphatic rings. The number of nitrogens with two attached hydrogens (primary N) is 3. The van der Waals surface area contributed by atoms with Gasteiger partial charge in [0.1, 0.15) is 23.9 Å². The number of carbonyl (C=O) groups excluding carboxylic acids is 11. The van der Waals surface area contributed by atoms with Crippen molar-refractivity contribution in [2.24, 2.45) is 39.9 Å². The number of H-pyrrole nitrogens is 1. The molecule has 466 valence electrons. The highest BCUT2D eigenvalue weighted by Gasteiger charge is 2.37. The van der Waals surface area contributed by atoms with Crippen molar-refractivity contribution in [3.8, 4) is 5.75 Å². The summed E-state index contributed by atoms with van der Waals surface area (Å²) in [5.74, 6) is -10.3. The first-order chi connectivity index (χ1) is 40.7.